The minimum absolute atomic E-state index is 0.153. The van der Waals surface area contributed by atoms with Crippen molar-refractivity contribution in [1.29, 1.82) is 0 Å². The van der Waals surface area contributed by atoms with Crippen molar-refractivity contribution in [2.45, 2.75) is 33.2 Å². The molecule has 0 atom stereocenters. The third-order valence-corrected chi connectivity index (χ3v) is 5.23. The second-order valence-corrected chi connectivity index (χ2v) is 8.31. The lowest BCUT2D eigenvalue weighted by Gasteiger charge is -2.13. The molecule has 0 saturated heterocycles. The van der Waals surface area contributed by atoms with Crippen LogP contribution in [0, 0.1) is 5.92 Å². The van der Waals surface area contributed by atoms with Crippen LogP contribution in [0.5, 0.6) is 17.2 Å². The number of amides is 1. The Balaban J connectivity index is 1.52. The van der Waals surface area contributed by atoms with Gasteiger partial charge in [-0.05, 0) is 53.8 Å². The van der Waals surface area contributed by atoms with Crippen LogP contribution < -0.4 is 19.5 Å². The van der Waals surface area contributed by atoms with E-state index in [0.717, 1.165) is 18.4 Å². The number of benzene rings is 3. The van der Waals surface area contributed by atoms with Crippen molar-refractivity contribution >= 4 is 5.91 Å². The average molecular weight is 448 g/mol. The molecule has 0 bridgehead atoms. The van der Waals surface area contributed by atoms with Crippen LogP contribution in [0.2, 0.25) is 0 Å². The molecule has 0 aliphatic heterocycles. The molecule has 0 saturated carbocycles. The van der Waals surface area contributed by atoms with E-state index in [1.54, 1.807) is 19.2 Å². The summed E-state index contributed by atoms with van der Waals surface area (Å²) in [5.74, 6) is 2.49. The molecule has 33 heavy (non-hydrogen) atoms. The highest BCUT2D eigenvalue weighted by Crippen LogP contribution is 2.28. The van der Waals surface area contributed by atoms with Crippen LogP contribution in [-0.2, 0) is 13.0 Å². The number of carbonyl (C=O) groups is 1. The maximum absolute atomic E-state index is 12.7. The molecule has 3 aromatic carbocycles. The number of carbonyl (C=O) groups excluding carboxylic acids is 1. The van der Waals surface area contributed by atoms with Gasteiger partial charge in [0.1, 0.15) is 5.75 Å². The Hall–Kier alpha value is -3.47. The van der Waals surface area contributed by atoms with Gasteiger partial charge in [-0.1, -0.05) is 56.3 Å². The average Bonchev–Trinajstić information content (AvgIpc) is 2.83. The largest absolute Gasteiger partial charge is 0.493 e. The Bertz CT molecular complexity index is 1020. The number of methoxy groups -OCH3 is 1. The van der Waals surface area contributed by atoms with Gasteiger partial charge < -0.3 is 19.5 Å². The van der Waals surface area contributed by atoms with Crippen molar-refractivity contribution in [2.75, 3.05) is 20.3 Å². The van der Waals surface area contributed by atoms with E-state index in [4.69, 9.17) is 14.2 Å². The first-order chi connectivity index (χ1) is 16.0. The first-order valence-electron chi connectivity index (χ1n) is 11.4. The van der Waals surface area contributed by atoms with Gasteiger partial charge in [0.15, 0.2) is 11.5 Å². The standard InChI is InChI=1S/C28H33NO4/c1-21(2)14-16-33-26-13-12-23(18-27(26)31-3)20-29-28(30)24-10-7-11-25(19-24)32-17-15-22-8-5-4-6-9-22/h4-13,18-19,21H,14-17,20H2,1-3H3,(H,29,30). The number of rotatable bonds is 12. The first kappa shape index (κ1) is 24.2. The summed E-state index contributed by atoms with van der Waals surface area (Å²) < 4.78 is 17.1. The maximum Gasteiger partial charge on any atom is 0.251 e. The van der Waals surface area contributed by atoms with Crippen LogP contribution in [0.25, 0.3) is 0 Å². The molecule has 0 spiro atoms. The molecule has 174 valence electrons. The molecule has 0 aromatic heterocycles. The molecular weight excluding hydrogens is 414 g/mol. The van der Waals surface area contributed by atoms with E-state index < -0.39 is 0 Å². The Morgan fingerprint density at radius 3 is 2.42 bits per heavy atom. The Kier molecular flexibility index (Phi) is 9.19. The maximum atomic E-state index is 12.7. The fourth-order valence-corrected chi connectivity index (χ4v) is 3.29. The van der Waals surface area contributed by atoms with E-state index in [-0.39, 0.29) is 5.91 Å². The lowest BCUT2D eigenvalue weighted by atomic mass is 10.1. The first-order valence-corrected chi connectivity index (χ1v) is 11.4. The summed E-state index contributed by atoms with van der Waals surface area (Å²) in [5, 5.41) is 2.96. The molecule has 0 unspecified atom stereocenters. The van der Waals surface area contributed by atoms with E-state index in [2.05, 4.69) is 31.3 Å². The second-order valence-electron chi connectivity index (χ2n) is 8.31. The number of ether oxygens (including phenoxy) is 3. The third-order valence-electron chi connectivity index (χ3n) is 5.23. The van der Waals surface area contributed by atoms with Crippen LogP contribution in [0.15, 0.2) is 72.8 Å². The van der Waals surface area contributed by atoms with Gasteiger partial charge >= 0.3 is 0 Å². The summed E-state index contributed by atoms with van der Waals surface area (Å²) in [7, 11) is 1.62. The quantitative estimate of drug-likeness (QED) is 0.389. The topological polar surface area (TPSA) is 56.8 Å². The number of hydrogen-bond donors (Lipinski definition) is 1. The van der Waals surface area contributed by atoms with Gasteiger partial charge in [0.05, 0.1) is 20.3 Å². The summed E-state index contributed by atoms with van der Waals surface area (Å²) in [6, 6.07) is 23.2. The van der Waals surface area contributed by atoms with Gasteiger partial charge in [-0.15, -0.1) is 0 Å². The van der Waals surface area contributed by atoms with Gasteiger partial charge in [-0.25, -0.2) is 0 Å². The highest BCUT2D eigenvalue weighted by atomic mass is 16.5. The van der Waals surface area contributed by atoms with Crippen LogP contribution >= 0.6 is 0 Å². The third kappa shape index (κ3) is 7.86. The Labute approximate surface area is 196 Å². The van der Waals surface area contributed by atoms with Crippen LogP contribution in [0.4, 0.5) is 0 Å². The van der Waals surface area contributed by atoms with Gasteiger partial charge in [0.2, 0.25) is 0 Å². The summed E-state index contributed by atoms with van der Waals surface area (Å²) >= 11 is 0. The zero-order chi connectivity index (χ0) is 23.5. The number of hydrogen-bond acceptors (Lipinski definition) is 4. The molecule has 0 heterocycles. The minimum Gasteiger partial charge on any atom is -0.493 e. The summed E-state index contributed by atoms with van der Waals surface area (Å²) in [5.41, 5.74) is 2.72. The molecule has 0 aliphatic carbocycles. The highest BCUT2D eigenvalue weighted by Gasteiger charge is 2.10. The molecule has 0 radical (unpaired) electrons. The Morgan fingerprint density at radius 2 is 1.67 bits per heavy atom. The zero-order valence-electron chi connectivity index (χ0n) is 19.7. The van der Waals surface area contributed by atoms with Gasteiger partial charge in [0.25, 0.3) is 5.91 Å². The van der Waals surface area contributed by atoms with Crippen LogP contribution in [-0.4, -0.2) is 26.2 Å². The fourth-order valence-electron chi connectivity index (χ4n) is 3.29. The van der Waals surface area contributed by atoms with Gasteiger partial charge in [-0.2, -0.15) is 0 Å². The van der Waals surface area contributed by atoms with E-state index in [1.807, 2.05) is 48.5 Å². The summed E-state index contributed by atoms with van der Waals surface area (Å²) in [6.45, 7) is 5.92. The molecule has 5 heteroatoms. The second kappa shape index (κ2) is 12.5. The predicted molar refractivity (Wildman–Crippen MR) is 131 cm³/mol. The van der Waals surface area contributed by atoms with Crippen molar-refractivity contribution in [3.05, 3.63) is 89.5 Å². The van der Waals surface area contributed by atoms with E-state index in [9.17, 15) is 4.79 Å². The summed E-state index contributed by atoms with van der Waals surface area (Å²) in [6.07, 6.45) is 1.80. The molecule has 3 rings (SSSR count). The predicted octanol–water partition coefficient (Wildman–Crippen LogP) is 5.67. The van der Waals surface area contributed by atoms with Crippen LogP contribution in [0.1, 0.15) is 41.8 Å². The van der Waals surface area contributed by atoms with Crippen LogP contribution in [0.3, 0.4) is 0 Å². The monoisotopic (exact) mass is 447 g/mol. The molecule has 3 aromatic rings. The van der Waals surface area contributed by atoms with Crippen molar-refractivity contribution in [3.8, 4) is 17.2 Å². The summed E-state index contributed by atoms with van der Waals surface area (Å²) in [4.78, 5) is 12.7. The number of nitrogens with one attached hydrogen (secondary N) is 1. The van der Waals surface area contributed by atoms with Crippen molar-refractivity contribution in [2.24, 2.45) is 5.92 Å². The highest BCUT2D eigenvalue weighted by molar-refractivity contribution is 5.94. The molecule has 0 aliphatic rings. The van der Waals surface area contributed by atoms with E-state index in [0.29, 0.717) is 48.5 Å². The zero-order valence-corrected chi connectivity index (χ0v) is 19.7. The van der Waals surface area contributed by atoms with E-state index >= 15 is 0 Å². The SMILES string of the molecule is COc1cc(CNC(=O)c2cccc(OCCc3ccccc3)c2)ccc1OCCC(C)C. The van der Waals surface area contributed by atoms with Crippen molar-refractivity contribution in [3.63, 3.8) is 0 Å². The fraction of sp³-hybridized carbons (Fsp3) is 0.321. The lowest BCUT2D eigenvalue weighted by Crippen LogP contribution is -2.22. The molecular formula is C28H33NO4. The minimum atomic E-state index is -0.153. The van der Waals surface area contributed by atoms with Crippen molar-refractivity contribution in [1.82, 2.24) is 5.32 Å². The lowest BCUT2D eigenvalue weighted by molar-refractivity contribution is 0.0950. The van der Waals surface area contributed by atoms with Gasteiger partial charge in [-0.3, -0.25) is 4.79 Å². The molecule has 1 amide bonds. The molecule has 5 nitrogen and oxygen atoms in total. The molecule has 0 fully saturated rings. The van der Waals surface area contributed by atoms with E-state index in [1.165, 1.54) is 5.56 Å². The normalized spacial score (nSPS) is 10.7. The smallest absolute Gasteiger partial charge is 0.251 e. The molecule has 1 N–H and O–H groups in total. The van der Waals surface area contributed by atoms with Gasteiger partial charge in [0, 0.05) is 18.5 Å². The Morgan fingerprint density at radius 1 is 0.848 bits per heavy atom. The van der Waals surface area contributed by atoms with Crippen molar-refractivity contribution < 1.29 is 19.0 Å².